The molecule has 1 saturated heterocycles. The van der Waals surface area contributed by atoms with E-state index in [4.69, 9.17) is 0 Å². The van der Waals surface area contributed by atoms with Crippen molar-refractivity contribution in [1.29, 1.82) is 0 Å². The van der Waals surface area contributed by atoms with Crippen molar-refractivity contribution >= 4 is 27.3 Å². The number of hydrogen-bond acceptors (Lipinski definition) is 3. The molecule has 0 aliphatic carbocycles. The van der Waals surface area contributed by atoms with Gasteiger partial charge in [0.05, 0.1) is 0 Å². The Labute approximate surface area is 110 Å². The molecule has 1 aromatic rings. The highest BCUT2D eigenvalue weighted by molar-refractivity contribution is 9.10. The molecule has 4 heteroatoms. The van der Waals surface area contributed by atoms with E-state index in [1.165, 1.54) is 28.7 Å². The van der Waals surface area contributed by atoms with Crippen molar-refractivity contribution < 1.29 is 0 Å². The lowest BCUT2D eigenvalue weighted by Crippen LogP contribution is -2.38. The van der Waals surface area contributed by atoms with Crippen LogP contribution in [0.4, 0.5) is 0 Å². The molecule has 0 bridgehead atoms. The molecule has 0 spiro atoms. The summed E-state index contributed by atoms with van der Waals surface area (Å²) in [5, 5.41) is 5.48. The number of thiophene rings is 1. The zero-order valence-electron chi connectivity index (χ0n) is 9.87. The molecule has 1 aliphatic heterocycles. The van der Waals surface area contributed by atoms with Gasteiger partial charge in [0, 0.05) is 33.4 Å². The van der Waals surface area contributed by atoms with Crippen LogP contribution in [0.3, 0.4) is 0 Å². The highest BCUT2D eigenvalue weighted by Crippen LogP contribution is 2.33. The number of likely N-dealkylation sites (N-methyl/N-ethyl adjacent to an activating group) is 1. The topological polar surface area (TPSA) is 15.3 Å². The van der Waals surface area contributed by atoms with E-state index in [1.807, 2.05) is 18.4 Å². The number of nitrogens with zero attached hydrogens (tertiary/aromatic N) is 1. The lowest BCUT2D eigenvalue weighted by molar-refractivity contribution is 0.193. The predicted molar refractivity (Wildman–Crippen MR) is 74.1 cm³/mol. The first-order chi connectivity index (χ1) is 7.72. The third-order valence-electron chi connectivity index (χ3n) is 3.36. The maximum Gasteiger partial charge on any atom is 0.0417 e. The van der Waals surface area contributed by atoms with Crippen LogP contribution in [0.25, 0.3) is 0 Å². The average Bonchev–Trinajstić information content (AvgIpc) is 2.87. The molecule has 0 radical (unpaired) electrons. The monoisotopic (exact) mass is 302 g/mol. The van der Waals surface area contributed by atoms with Crippen molar-refractivity contribution in [2.75, 3.05) is 20.1 Å². The van der Waals surface area contributed by atoms with Gasteiger partial charge in [-0.1, -0.05) is 0 Å². The fraction of sp³-hybridized carbons (Fsp3) is 0.667. The van der Waals surface area contributed by atoms with Gasteiger partial charge in [-0.2, -0.15) is 0 Å². The first kappa shape index (κ1) is 12.6. The third kappa shape index (κ3) is 2.67. The molecule has 2 unspecified atom stereocenters. The number of hydrogen-bond donors (Lipinski definition) is 1. The Morgan fingerprint density at radius 2 is 2.50 bits per heavy atom. The van der Waals surface area contributed by atoms with E-state index in [0.717, 1.165) is 6.54 Å². The molecule has 1 aliphatic rings. The number of nitrogens with one attached hydrogen (secondary N) is 1. The van der Waals surface area contributed by atoms with Crippen molar-refractivity contribution in [1.82, 2.24) is 10.2 Å². The largest absolute Gasteiger partial charge is 0.318 e. The van der Waals surface area contributed by atoms with Gasteiger partial charge in [0.15, 0.2) is 0 Å². The van der Waals surface area contributed by atoms with Gasteiger partial charge in [0.2, 0.25) is 0 Å². The summed E-state index contributed by atoms with van der Waals surface area (Å²) in [6.07, 6.45) is 2.67. The molecule has 1 fully saturated rings. The predicted octanol–water partition coefficient (Wildman–Crippen LogP) is 3.26. The van der Waals surface area contributed by atoms with Crippen molar-refractivity contribution in [2.24, 2.45) is 0 Å². The van der Waals surface area contributed by atoms with Crippen LogP contribution in [-0.4, -0.2) is 31.1 Å². The second kappa shape index (κ2) is 5.63. The van der Waals surface area contributed by atoms with E-state index in [9.17, 15) is 0 Å². The Kier molecular flexibility index (Phi) is 4.41. The summed E-state index contributed by atoms with van der Waals surface area (Å²) in [5.74, 6) is 0. The lowest BCUT2D eigenvalue weighted by atomic mass is 10.2. The first-order valence-electron chi connectivity index (χ1n) is 5.86. The van der Waals surface area contributed by atoms with Crippen LogP contribution in [-0.2, 0) is 0 Å². The smallest absolute Gasteiger partial charge is 0.0417 e. The third-order valence-corrected chi connectivity index (χ3v) is 5.22. The molecule has 90 valence electrons. The van der Waals surface area contributed by atoms with Crippen LogP contribution in [0, 0.1) is 0 Å². The van der Waals surface area contributed by atoms with E-state index < -0.39 is 0 Å². The normalized spacial score (nSPS) is 23.8. The van der Waals surface area contributed by atoms with Gasteiger partial charge in [-0.25, -0.2) is 0 Å². The number of halogens is 1. The molecule has 1 aromatic heterocycles. The molecule has 2 heterocycles. The van der Waals surface area contributed by atoms with Gasteiger partial charge in [-0.3, -0.25) is 4.90 Å². The SMILES string of the molecule is CNCC1CCCN1C(C)c1cc(Br)cs1. The zero-order valence-corrected chi connectivity index (χ0v) is 12.3. The van der Waals surface area contributed by atoms with Crippen LogP contribution in [0.15, 0.2) is 15.9 Å². The second-order valence-corrected chi connectivity index (χ2v) is 6.29. The summed E-state index contributed by atoms with van der Waals surface area (Å²) in [7, 11) is 2.04. The average molecular weight is 303 g/mol. The highest BCUT2D eigenvalue weighted by atomic mass is 79.9. The summed E-state index contributed by atoms with van der Waals surface area (Å²) in [5.41, 5.74) is 0. The lowest BCUT2D eigenvalue weighted by Gasteiger charge is -2.30. The summed E-state index contributed by atoms with van der Waals surface area (Å²) in [4.78, 5) is 4.10. The standard InChI is InChI=1S/C12H19BrN2S/c1-9(12-6-10(13)8-16-12)15-5-3-4-11(15)7-14-2/h6,8-9,11,14H,3-5,7H2,1-2H3. The quantitative estimate of drug-likeness (QED) is 0.918. The first-order valence-corrected chi connectivity index (χ1v) is 7.54. The molecular formula is C12H19BrN2S. The summed E-state index contributed by atoms with van der Waals surface area (Å²) >= 11 is 5.39. The Morgan fingerprint density at radius 1 is 1.69 bits per heavy atom. The molecular weight excluding hydrogens is 284 g/mol. The molecule has 0 amide bonds. The Balaban J connectivity index is 2.05. The Bertz CT molecular complexity index is 340. The molecule has 1 N–H and O–H groups in total. The zero-order chi connectivity index (χ0) is 11.5. The summed E-state index contributed by atoms with van der Waals surface area (Å²) in [6, 6.07) is 3.52. The fourth-order valence-electron chi connectivity index (χ4n) is 2.53. The Hall–Kier alpha value is 0.1000. The minimum Gasteiger partial charge on any atom is -0.318 e. The minimum atomic E-state index is 0.553. The van der Waals surface area contributed by atoms with E-state index in [1.54, 1.807) is 0 Å². The molecule has 16 heavy (non-hydrogen) atoms. The summed E-state index contributed by atoms with van der Waals surface area (Å²) in [6.45, 7) is 4.67. The van der Waals surface area contributed by atoms with E-state index in [0.29, 0.717) is 12.1 Å². The van der Waals surface area contributed by atoms with Crippen molar-refractivity contribution in [2.45, 2.75) is 31.8 Å². The van der Waals surface area contributed by atoms with Crippen LogP contribution in [0.5, 0.6) is 0 Å². The summed E-state index contributed by atoms with van der Waals surface area (Å²) < 4.78 is 1.21. The molecule has 0 saturated carbocycles. The van der Waals surface area contributed by atoms with E-state index in [-0.39, 0.29) is 0 Å². The van der Waals surface area contributed by atoms with Gasteiger partial charge in [-0.15, -0.1) is 11.3 Å². The fourth-order valence-corrected chi connectivity index (χ4v) is 4.06. The van der Waals surface area contributed by atoms with Gasteiger partial charge in [0.25, 0.3) is 0 Å². The van der Waals surface area contributed by atoms with Crippen molar-refractivity contribution in [3.8, 4) is 0 Å². The highest BCUT2D eigenvalue weighted by Gasteiger charge is 2.29. The molecule has 2 nitrogen and oxygen atoms in total. The Morgan fingerprint density at radius 3 is 3.12 bits per heavy atom. The van der Waals surface area contributed by atoms with Crippen LogP contribution < -0.4 is 5.32 Å². The number of rotatable bonds is 4. The van der Waals surface area contributed by atoms with Crippen LogP contribution >= 0.6 is 27.3 Å². The van der Waals surface area contributed by atoms with Gasteiger partial charge < -0.3 is 5.32 Å². The van der Waals surface area contributed by atoms with Crippen LogP contribution in [0.1, 0.15) is 30.7 Å². The molecule has 2 atom stereocenters. The van der Waals surface area contributed by atoms with Gasteiger partial charge in [-0.05, 0) is 55.4 Å². The maximum absolute atomic E-state index is 3.53. The van der Waals surface area contributed by atoms with Crippen LogP contribution in [0.2, 0.25) is 0 Å². The second-order valence-electron chi connectivity index (χ2n) is 4.43. The number of likely N-dealkylation sites (tertiary alicyclic amines) is 1. The van der Waals surface area contributed by atoms with Crippen molar-refractivity contribution in [3.63, 3.8) is 0 Å². The van der Waals surface area contributed by atoms with Gasteiger partial charge in [0.1, 0.15) is 0 Å². The molecule has 0 aromatic carbocycles. The van der Waals surface area contributed by atoms with Gasteiger partial charge >= 0.3 is 0 Å². The molecule has 2 rings (SSSR count). The minimum absolute atomic E-state index is 0.553. The maximum atomic E-state index is 3.53. The van der Waals surface area contributed by atoms with E-state index >= 15 is 0 Å². The van der Waals surface area contributed by atoms with E-state index in [2.05, 4.69) is 44.5 Å². The van der Waals surface area contributed by atoms with Crippen molar-refractivity contribution in [3.05, 3.63) is 20.8 Å².